The van der Waals surface area contributed by atoms with E-state index in [4.69, 9.17) is 11.6 Å². The monoisotopic (exact) mass is 389 g/mol. The van der Waals surface area contributed by atoms with Crippen molar-refractivity contribution in [2.45, 2.75) is 52.0 Å². The van der Waals surface area contributed by atoms with Gasteiger partial charge in [0.1, 0.15) is 5.69 Å². The van der Waals surface area contributed by atoms with Gasteiger partial charge in [-0.1, -0.05) is 31.4 Å². The van der Waals surface area contributed by atoms with Gasteiger partial charge in [-0.2, -0.15) is 0 Å². The van der Waals surface area contributed by atoms with E-state index in [0.29, 0.717) is 16.6 Å². The Hall–Kier alpha value is -2.01. The summed E-state index contributed by atoms with van der Waals surface area (Å²) in [7, 11) is 0. The molecule has 0 saturated carbocycles. The third kappa shape index (κ3) is 4.83. The molecule has 0 spiro atoms. The highest BCUT2D eigenvalue weighted by atomic mass is 35.5. The second-order valence-electron chi connectivity index (χ2n) is 7.48. The van der Waals surface area contributed by atoms with Gasteiger partial charge < -0.3 is 15.2 Å². The standard InChI is InChI=1S/C21H28ClN3O2/c1-3-4-5-18(15-8-10-25(11-9-15)14(2)26)24-21(27)20-13-16-12-17(22)6-7-19(16)23-20/h6-7,12-13,15,18,23H,3-5,8-11H2,1-2H3,(H,24,27). The summed E-state index contributed by atoms with van der Waals surface area (Å²) in [5.74, 6) is 0.478. The fourth-order valence-electron chi connectivity index (χ4n) is 3.94. The van der Waals surface area contributed by atoms with Crippen LogP contribution >= 0.6 is 11.6 Å². The average Bonchev–Trinajstić information content (AvgIpc) is 3.08. The minimum Gasteiger partial charge on any atom is -0.351 e. The molecule has 1 aliphatic heterocycles. The van der Waals surface area contributed by atoms with Gasteiger partial charge in [-0.3, -0.25) is 9.59 Å². The van der Waals surface area contributed by atoms with Gasteiger partial charge in [0.05, 0.1) is 0 Å². The molecule has 6 heteroatoms. The molecule has 1 aromatic carbocycles. The van der Waals surface area contributed by atoms with Crippen LogP contribution in [-0.4, -0.2) is 40.8 Å². The molecule has 2 amide bonds. The number of piperidine rings is 1. The van der Waals surface area contributed by atoms with Crippen molar-refractivity contribution in [3.63, 3.8) is 0 Å². The number of carbonyl (C=O) groups excluding carboxylic acids is 2. The summed E-state index contributed by atoms with van der Waals surface area (Å²) < 4.78 is 0. The lowest BCUT2D eigenvalue weighted by atomic mass is 9.86. The normalized spacial score (nSPS) is 16.5. The molecule has 2 aromatic rings. The van der Waals surface area contributed by atoms with E-state index in [1.54, 1.807) is 6.92 Å². The third-order valence-corrected chi connectivity index (χ3v) is 5.80. The molecule has 0 aliphatic carbocycles. The predicted molar refractivity (Wildman–Crippen MR) is 109 cm³/mol. The van der Waals surface area contributed by atoms with Crippen LogP contribution in [0.5, 0.6) is 0 Å². The molecule has 5 nitrogen and oxygen atoms in total. The van der Waals surface area contributed by atoms with Crippen molar-refractivity contribution in [1.82, 2.24) is 15.2 Å². The summed E-state index contributed by atoms with van der Waals surface area (Å²) in [5.41, 5.74) is 1.47. The molecule has 1 fully saturated rings. The van der Waals surface area contributed by atoms with E-state index in [0.717, 1.165) is 56.1 Å². The zero-order valence-corrected chi connectivity index (χ0v) is 16.8. The number of rotatable bonds is 6. The van der Waals surface area contributed by atoms with E-state index in [1.165, 1.54) is 0 Å². The van der Waals surface area contributed by atoms with Gasteiger partial charge in [-0.25, -0.2) is 0 Å². The van der Waals surface area contributed by atoms with Gasteiger partial charge in [0.25, 0.3) is 5.91 Å². The van der Waals surface area contributed by atoms with Gasteiger partial charge in [0.2, 0.25) is 5.91 Å². The summed E-state index contributed by atoms with van der Waals surface area (Å²) in [6.07, 6.45) is 5.04. The maximum absolute atomic E-state index is 12.8. The van der Waals surface area contributed by atoms with E-state index in [2.05, 4.69) is 17.2 Å². The van der Waals surface area contributed by atoms with E-state index in [-0.39, 0.29) is 17.9 Å². The Bertz CT molecular complexity index is 809. The minimum atomic E-state index is -0.0718. The Labute approximate surface area is 165 Å². The number of likely N-dealkylation sites (tertiary alicyclic amines) is 1. The lowest BCUT2D eigenvalue weighted by molar-refractivity contribution is -0.130. The Morgan fingerprint density at radius 1 is 1.30 bits per heavy atom. The fraction of sp³-hybridized carbons (Fsp3) is 0.524. The van der Waals surface area contributed by atoms with Crippen LogP contribution in [0.2, 0.25) is 5.02 Å². The lowest BCUT2D eigenvalue weighted by Crippen LogP contribution is -2.46. The van der Waals surface area contributed by atoms with E-state index in [9.17, 15) is 9.59 Å². The van der Waals surface area contributed by atoms with Crippen LogP contribution in [0.25, 0.3) is 10.9 Å². The molecule has 1 aliphatic rings. The van der Waals surface area contributed by atoms with Gasteiger partial charge in [0.15, 0.2) is 0 Å². The number of carbonyl (C=O) groups is 2. The number of H-pyrrole nitrogens is 1. The summed E-state index contributed by atoms with van der Waals surface area (Å²) >= 11 is 6.04. The van der Waals surface area contributed by atoms with Crippen molar-refractivity contribution in [2.75, 3.05) is 13.1 Å². The number of nitrogens with zero attached hydrogens (tertiary/aromatic N) is 1. The SMILES string of the molecule is CCCCC(NC(=O)c1cc2cc(Cl)ccc2[nH]1)C1CCN(C(C)=O)CC1. The van der Waals surface area contributed by atoms with E-state index >= 15 is 0 Å². The van der Waals surface area contributed by atoms with Crippen LogP contribution in [0.3, 0.4) is 0 Å². The van der Waals surface area contributed by atoms with Gasteiger partial charge in [-0.15, -0.1) is 0 Å². The zero-order valence-electron chi connectivity index (χ0n) is 16.1. The molecule has 1 saturated heterocycles. The van der Waals surface area contributed by atoms with Crippen molar-refractivity contribution < 1.29 is 9.59 Å². The number of hydrogen-bond acceptors (Lipinski definition) is 2. The number of aromatic amines is 1. The molecular weight excluding hydrogens is 362 g/mol. The van der Waals surface area contributed by atoms with Crippen molar-refractivity contribution in [1.29, 1.82) is 0 Å². The smallest absolute Gasteiger partial charge is 0.267 e. The molecule has 2 heterocycles. The predicted octanol–water partition coefficient (Wildman–Crippen LogP) is 4.37. The Balaban J connectivity index is 1.69. The summed E-state index contributed by atoms with van der Waals surface area (Å²) in [6.45, 7) is 5.35. The van der Waals surface area contributed by atoms with Crippen molar-refractivity contribution in [3.8, 4) is 0 Å². The van der Waals surface area contributed by atoms with Crippen molar-refractivity contribution >= 4 is 34.3 Å². The first-order valence-electron chi connectivity index (χ1n) is 9.82. The highest BCUT2D eigenvalue weighted by Crippen LogP contribution is 2.25. The first-order chi connectivity index (χ1) is 13.0. The average molecular weight is 390 g/mol. The summed E-state index contributed by atoms with van der Waals surface area (Å²) in [5, 5.41) is 4.85. The fourth-order valence-corrected chi connectivity index (χ4v) is 4.12. The van der Waals surface area contributed by atoms with Crippen LogP contribution in [0.4, 0.5) is 0 Å². The zero-order chi connectivity index (χ0) is 19.4. The van der Waals surface area contributed by atoms with Gasteiger partial charge in [-0.05, 0) is 49.4 Å². The molecule has 146 valence electrons. The molecule has 27 heavy (non-hydrogen) atoms. The van der Waals surface area contributed by atoms with E-state index in [1.807, 2.05) is 29.2 Å². The molecule has 3 rings (SSSR count). The Kier molecular flexibility index (Phi) is 6.42. The van der Waals surface area contributed by atoms with Crippen molar-refractivity contribution in [2.24, 2.45) is 5.92 Å². The maximum Gasteiger partial charge on any atom is 0.267 e. The van der Waals surface area contributed by atoms with Gasteiger partial charge in [0, 0.05) is 42.0 Å². The number of hydrogen-bond donors (Lipinski definition) is 2. The summed E-state index contributed by atoms with van der Waals surface area (Å²) in [4.78, 5) is 29.5. The molecule has 1 unspecified atom stereocenters. The number of halogens is 1. The highest BCUT2D eigenvalue weighted by Gasteiger charge is 2.28. The number of benzene rings is 1. The third-order valence-electron chi connectivity index (χ3n) is 5.57. The quantitative estimate of drug-likeness (QED) is 0.770. The second kappa shape index (κ2) is 8.79. The Morgan fingerprint density at radius 2 is 2.04 bits per heavy atom. The highest BCUT2D eigenvalue weighted by molar-refractivity contribution is 6.31. The largest absolute Gasteiger partial charge is 0.351 e. The molecule has 0 radical (unpaired) electrons. The molecule has 2 N–H and O–H groups in total. The first kappa shape index (κ1) is 19.7. The first-order valence-corrected chi connectivity index (χ1v) is 10.2. The second-order valence-corrected chi connectivity index (χ2v) is 7.92. The molecule has 0 bridgehead atoms. The number of fused-ring (bicyclic) bond motifs is 1. The van der Waals surface area contributed by atoms with Crippen LogP contribution in [-0.2, 0) is 4.79 Å². The Morgan fingerprint density at radius 3 is 2.70 bits per heavy atom. The topological polar surface area (TPSA) is 65.2 Å². The minimum absolute atomic E-state index is 0.0718. The summed E-state index contributed by atoms with van der Waals surface area (Å²) in [6, 6.07) is 7.55. The molecular formula is C21H28ClN3O2. The van der Waals surface area contributed by atoms with Gasteiger partial charge >= 0.3 is 0 Å². The van der Waals surface area contributed by atoms with Crippen LogP contribution in [0, 0.1) is 5.92 Å². The number of nitrogens with one attached hydrogen (secondary N) is 2. The maximum atomic E-state index is 12.8. The number of aromatic nitrogens is 1. The lowest BCUT2D eigenvalue weighted by Gasteiger charge is -2.36. The number of unbranched alkanes of at least 4 members (excludes halogenated alkanes) is 1. The van der Waals surface area contributed by atoms with Crippen LogP contribution < -0.4 is 5.32 Å². The van der Waals surface area contributed by atoms with Crippen molar-refractivity contribution in [3.05, 3.63) is 35.0 Å². The van der Waals surface area contributed by atoms with Crippen LogP contribution in [0.1, 0.15) is 56.4 Å². The number of amides is 2. The molecule has 1 atom stereocenters. The van der Waals surface area contributed by atoms with Crippen LogP contribution in [0.15, 0.2) is 24.3 Å². The molecule has 1 aromatic heterocycles. The van der Waals surface area contributed by atoms with E-state index < -0.39 is 0 Å².